The van der Waals surface area contributed by atoms with E-state index in [0.29, 0.717) is 50.5 Å². The van der Waals surface area contributed by atoms with Gasteiger partial charge in [0.1, 0.15) is 0 Å². The van der Waals surface area contributed by atoms with E-state index in [-0.39, 0.29) is 0 Å². The highest BCUT2D eigenvalue weighted by Crippen LogP contribution is 2.46. The maximum Gasteiger partial charge on any atom is 0.267 e. The first-order valence-corrected chi connectivity index (χ1v) is 15.1. The Morgan fingerprint density at radius 1 is 0.882 bits per heavy atom. The highest BCUT2D eigenvalue weighted by molar-refractivity contribution is 9.15. The van der Waals surface area contributed by atoms with Crippen LogP contribution in [0.5, 0.6) is 0 Å². The van der Waals surface area contributed by atoms with Crippen LogP contribution in [0.3, 0.4) is 0 Å². The Morgan fingerprint density at radius 3 is 2.18 bits per heavy atom. The van der Waals surface area contributed by atoms with Crippen LogP contribution in [-0.2, 0) is 5.75 Å². The number of carbonyl (C=O) groups excluding carboxylic acids is 2. The molecule has 12 heteroatoms. The number of rotatable bonds is 4. The lowest BCUT2D eigenvalue weighted by atomic mass is 10.1. The summed E-state index contributed by atoms with van der Waals surface area (Å²) in [6.07, 6.45) is 0. The molecule has 172 valence electrons. The molecule has 0 radical (unpaired) electrons. The van der Waals surface area contributed by atoms with Gasteiger partial charge in [-0.2, -0.15) is 0 Å². The van der Waals surface area contributed by atoms with Gasteiger partial charge in [-0.05, 0) is 106 Å². The van der Waals surface area contributed by atoms with Crippen molar-refractivity contribution in [1.82, 2.24) is 4.98 Å². The fourth-order valence-electron chi connectivity index (χ4n) is 3.47. The van der Waals surface area contributed by atoms with Crippen LogP contribution >= 0.6 is 110 Å². The van der Waals surface area contributed by atoms with E-state index in [1.54, 1.807) is 30.0 Å². The summed E-state index contributed by atoms with van der Waals surface area (Å²) in [6.45, 7) is 0. The molecule has 4 nitrogen and oxygen atoms in total. The number of fused-ring (bicyclic) bond motifs is 2. The third-order valence-electron chi connectivity index (χ3n) is 5.07. The van der Waals surface area contributed by atoms with Crippen LogP contribution in [0, 0.1) is 0 Å². The van der Waals surface area contributed by atoms with E-state index in [1.165, 1.54) is 16.2 Å². The second-order valence-corrected chi connectivity index (χ2v) is 13.4. The van der Waals surface area contributed by atoms with E-state index in [4.69, 9.17) is 23.2 Å². The number of anilines is 1. The summed E-state index contributed by atoms with van der Waals surface area (Å²) >= 11 is 29.2. The Bertz CT molecular complexity index is 1500. The van der Waals surface area contributed by atoms with E-state index >= 15 is 0 Å². The summed E-state index contributed by atoms with van der Waals surface area (Å²) in [5.41, 5.74) is 2.83. The van der Waals surface area contributed by atoms with Gasteiger partial charge >= 0.3 is 0 Å². The number of benzene rings is 3. The van der Waals surface area contributed by atoms with E-state index in [9.17, 15) is 9.59 Å². The number of aromatic nitrogens is 1. The van der Waals surface area contributed by atoms with Gasteiger partial charge in [-0.3, -0.25) is 9.59 Å². The number of nitrogens with zero attached hydrogens (tertiary/aromatic N) is 2. The Hall–Kier alpha value is -0.460. The molecule has 3 aromatic carbocycles. The van der Waals surface area contributed by atoms with Gasteiger partial charge in [0.2, 0.25) is 0 Å². The van der Waals surface area contributed by atoms with Crippen molar-refractivity contribution in [3.05, 3.63) is 81.0 Å². The summed E-state index contributed by atoms with van der Waals surface area (Å²) in [4.78, 5) is 32.4. The normalized spacial score (nSPS) is 13.3. The van der Waals surface area contributed by atoms with Gasteiger partial charge in [0, 0.05) is 33.7 Å². The second kappa shape index (κ2) is 9.78. The Morgan fingerprint density at radius 2 is 1.53 bits per heavy atom. The van der Waals surface area contributed by atoms with Crippen LogP contribution in [0.4, 0.5) is 5.69 Å². The maximum atomic E-state index is 13.3. The lowest BCUT2D eigenvalue weighted by Crippen LogP contribution is -2.29. The minimum absolute atomic E-state index is 0.311. The molecule has 1 aliphatic heterocycles. The zero-order valence-electron chi connectivity index (χ0n) is 16.5. The van der Waals surface area contributed by atoms with Gasteiger partial charge in [0.25, 0.3) is 11.8 Å². The van der Waals surface area contributed by atoms with Crippen LogP contribution < -0.4 is 4.90 Å². The average molecular weight is 787 g/mol. The standard InChI is InChI=1S/C22H8Br4Cl2N2O2S2/c23-16-14-15(17(24)19(26)18(16)25)21(32)30(20(14)31)10-2-4-12-13(6-10)34-22(29-12)33-7-8-5-9(27)1-3-11(8)28/h1-6H,7H2. The highest BCUT2D eigenvalue weighted by Gasteiger charge is 2.42. The number of imide groups is 1. The number of amides is 2. The van der Waals surface area contributed by atoms with Crippen LogP contribution in [0.25, 0.3) is 10.2 Å². The van der Waals surface area contributed by atoms with Crippen molar-refractivity contribution in [2.75, 3.05) is 4.90 Å². The first kappa shape index (κ1) is 25.2. The summed E-state index contributed by atoms with van der Waals surface area (Å²) in [5, 5.41) is 1.29. The molecule has 5 rings (SSSR count). The average Bonchev–Trinajstić information content (AvgIpc) is 3.33. The predicted octanol–water partition coefficient (Wildman–Crippen LogP) is 9.75. The predicted molar refractivity (Wildman–Crippen MR) is 154 cm³/mol. The molecule has 0 N–H and O–H groups in total. The van der Waals surface area contributed by atoms with Gasteiger partial charge in [-0.1, -0.05) is 35.0 Å². The molecule has 0 saturated carbocycles. The number of thiazole rings is 1. The SMILES string of the molecule is O=C1c2c(Br)c(Br)c(Br)c(Br)c2C(=O)N1c1ccc2nc(SCc3cc(Cl)ccc3Cl)sc2c1. The molecule has 1 aliphatic rings. The van der Waals surface area contributed by atoms with E-state index in [2.05, 4.69) is 68.7 Å². The Labute approximate surface area is 245 Å². The molecule has 0 aliphatic carbocycles. The van der Waals surface area contributed by atoms with Crippen LogP contribution in [0.1, 0.15) is 26.3 Å². The van der Waals surface area contributed by atoms with Gasteiger partial charge in [-0.15, -0.1) is 11.3 Å². The lowest BCUT2D eigenvalue weighted by Gasteiger charge is -2.13. The Balaban J connectivity index is 1.46. The third kappa shape index (κ3) is 4.32. The molecule has 2 amide bonds. The minimum atomic E-state index is -0.394. The third-order valence-corrected chi connectivity index (χ3v) is 12.7. The zero-order chi connectivity index (χ0) is 24.3. The van der Waals surface area contributed by atoms with Gasteiger partial charge in [0.05, 0.1) is 27.0 Å². The molecule has 0 unspecified atom stereocenters. The van der Waals surface area contributed by atoms with Gasteiger partial charge in [-0.25, -0.2) is 9.88 Å². The van der Waals surface area contributed by atoms with Crippen molar-refractivity contribution in [2.45, 2.75) is 10.1 Å². The largest absolute Gasteiger partial charge is 0.268 e. The van der Waals surface area contributed by atoms with Crippen LogP contribution in [0.15, 0.2) is 58.6 Å². The van der Waals surface area contributed by atoms with E-state index < -0.39 is 11.8 Å². The molecule has 0 bridgehead atoms. The van der Waals surface area contributed by atoms with E-state index in [1.807, 2.05) is 18.2 Å². The fraction of sp³-hybridized carbons (Fsp3) is 0.0455. The first-order chi connectivity index (χ1) is 16.2. The first-order valence-electron chi connectivity index (χ1n) is 9.39. The number of hydrogen-bond donors (Lipinski definition) is 0. The van der Waals surface area contributed by atoms with E-state index in [0.717, 1.165) is 20.1 Å². The fourth-order valence-corrected chi connectivity index (χ4v) is 8.48. The molecule has 2 heterocycles. The molecule has 34 heavy (non-hydrogen) atoms. The molecule has 0 fully saturated rings. The molecule has 0 atom stereocenters. The zero-order valence-corrected chi connectivity index (χ0v) is 26.0. The van der Waals surface area contributed by atoms with Gasteiger partial charge < -0.3 is 0 Å². The maximum absolute atomic E-state index is 13.3. The molecule has 1 aromatic heterocycles. The number of carbonyl (C=O) groups is 2. The van der Waals surface area contributed by atoms with Crippen molar-refractivity contribution in [3.63, 3.8) is 0 Å². The lowest BCUT2D eigenvalue weighted by molar-refractivity contribution is 0.0926. The molecule has 4 aromatic rings. The van der Waals surface area contributed by atoms with Crippen LogP contribution in [0.2, 0.25) is 10.0 Å². The Kier molecular flexibility index (Phi) is 7.25. The quantitative estimate of drug-likeness (QED) is 0.0896. The molecule has 0 saturated heterocycles. The molecular formula is C22H8Br4Cl2N2O2S2. The molecular weight excluding hydrogens is 779 g/mol. The topological polar surface area (TPSA) is 50.3 Å². The number of thioether (sulfide) groups is 1. The van der Waals surface area contributed by atoms with Crippen molar-refractivity contribution in [2.24, 2.45) is 0 Å². The summed E-state index contributed by atoms with van der Waals surface area (Å²) < 4.78 is 4.07. The van der Waals surface area contributed by atoms with Crippen molar-refractivity contribution in [1.29, 1.82) is 0 Å². The molecule has 0 spiro atoms. The summed E-state index contributed by atoms with van der Waals surface area (Å²) in [5.74, 6) is -0.166. The van der Waals surface area contributed by atoms with Crippen molar-refractivity contribution in [3.8, 4) is 0 Å². The second-order valence-electron chi connectivity index (χ2n) is 7.11. The number of hydrogen-bond acceptors (Lipinski definition) is 5. The van der Waals surface area contributed by atoms with Crippen molar-refractivity contribution >= 4 is 138 Å². The summed E-state index contributed by atoms with van der Waals surface area (Å²) in [7, 11) is 0. The smallest absolute Gasteiger partial charge is 0.267 e. The van der Waals surface area contributed by atoms with Crippen molar-refractivity contribution < 1.29 is 9.59 Å². The summed E-state index contributed by atoms with van der Waals surface area (Å²) in [6, 6.07) is 10.7. The van der Waals surface area contributed by atoms with Crippen LogP contribution in [-0.4, -0.2) is 16.8 Å². The minimum Gasteiger partial charge on any atom is -0.268 e. The van der Waals surface area contributed by atoms with Gasteiger partial charge in [0.15, 0.2) is 4.34 Å². The number of halogens is 6. The highest BCUT2D eigenvalue weighted by atomic mass is 79.9. The monoisotopic (exact) mass is 782 g/mol.